The highest BCUT2D eigenvalue weighted by molar-refractivity contribution is 5.97. The van der Waals surface area contributed by atoms with Gasteiger partial charge in [-0.1, -0.05) is 78.9 Å². The lowest BCUT2D eigenvalue weighted by atomic mass is 10.0. The quantitative estimate of drug-likeness (QED) is 0.0173. The molecule has 0 aliphatic rings. The molecule has 0 bridgehead atoms. The number of imidazole rings is 1. The lowest BCUT2D eigenvalue weighted by Crippen LogP contribution is -2.60. The fourth-order valence-electron chi connectivity index (χ4n) is 7.48. The summed E-state index contributed by atoms with van der Waals surface area (Å²) in [5.74, 6) is -5.40. The molecule has 0 saturated heterocycles. The molecule has 18 N–H and O–H groups in total. The number of nitrogens with two attached hydrogens (primary N) is 5. The van der Waals surface area contributed by atoms with Crippen LogP contribution in [0.1, 0.15) is 48.1 Å². The van der Waals surface area contributed by atoms with Gasteiger partial charge in [-0.2, -0.15) is 0 Å². The SMILES string of the molecule is NC(N)=NCCC[C@H](NC(=O)[C@H](Cc1c[nH]c2ccccc12)NC(=O)[C@H](CCCN=C(N)N)NC(=O)[C@H](Cc1ccccc1)NC(=O)[C@@H](N)Cc1ccccc1)C(=O)N[C@@H](Cc1cnc[nH]1)C(=O)O. The third kappa shape index (κ3) is 16.8. The van der Waals surface area contributed by atoms with Crippen LogP contribution in [0.2, 0.25) is 0 Å². The van der Waals surface area contributed by atoms with Gasteiger partial charge in [0.2, 0.25) is 29.5 Å². The van der Waals surface area contributed by atoms with Crippen molar-refractivity contribution in [1.29, 1.82) is 0 Å². The predicted molar refractivity (Wildman–Crippen MR) is 260 cm³/mol. The Labute approximate surface area is 398 Å². The molecule has 366 valence electrons. The molecule has 0 unspecified atom stereocenters. The highest BCUT2D eigenvalue weighted by Gasteiger charge is 2.34. The molecule has 22 heteroatoms. The van der Waals surface area contributed by atoms with E-state index in [-0.39, 0.29) is 76.4 Å². The van der Waals surface area contributed by atoms with Gasteiger partial charge in [-0.25, -0.2) is 9.78 Å². The molecule has 5 aromatic rings. The van der Waals surface area contributed by atoms with E-state index in [2.05, 4.69) is 51.5 Å². The number of rotatable bonds is 27. The van der Waals surface area contributed by atoms with Crippen LogP contribution >= 0.6 is 0 Å². The van der Waals surface area contributed by atoms with Gasteiger partial charge in [-0.3, -0.25) is 34.0 Å². The summed E-state index contributed by atoms with van der Waals surface area (Å²) in [5, 5.41) is 24.4. The van der Waals surface area contributed by atoms with Gasteiger partial charge in [0.1, 0.15) is 30.2 Å². The smallest absolute Gasteiger partial charge is 0.326 e. The standard InChI is InChI=1S/C47H61N15O7/c48-33(21-28-11-3-1-4-12-28)40(63)60-37(22-29-13-5-2-6-14-29)43(66)58-35(17-9-19-54-46(49)50)41(64)61-38(23-30-25-56-34-16-8-7-15-32(30)34)44(67)59-36(18-10-20-55-47(51)52)42(65)62-39(45(68)69)24-31-26-53-27-57-31/h1-8,11-16,25-27,33,35-39,56H,9-10,17-24,48H2,(H,53,57)(H,58,66)(H,59,67)(H,60,63)(H,61,64)(H,62,65)(H,68,69)(H4,49,50,54)(H4,51,52,55)/t33-,35-,36-,37-,38-,39-/m0/s1. The minimum Gasteiger partial charge on any atom is -0.480 e. The van der Waals surface area contributed by atoms with Gasteiger partial charge >= 0.3 is 5.97 Å². The average molecular weight is 948 g/mol. The van der Waals surface area contributed by atoms with E-state index < -0.39 is 71.8 Å². The number of aliphatic imine (C=N–C) groups is 2. The predicted octanol–water partition coefficient (Wildman–Crippen LogP) is -0.895. The summed E-state index contributed by atoms with van der Waals surface area (Å²) in [5.41, 5.74) is 31.9. The maximum atomic E-state index is 14.6. The van der Waals surface area contributed by atoms with Crippen molar-refractivity contribution in [3.8, 4) is 0 Å². The Morgan fingerprint density at radius 3 is 1.58 bits per heavy atom. The summed E-state index contributed by atoms with van der Waals surface area (Å²) in [6.45, 7) is 0.175. The van der Waals surface area contributed by atoms with E-state index in [9.17, 15) is 33.9 Å². The first kappa shape index (κ1) is 51.7. The first-order chi connectivity index (χ1) is 33.2. The number of aromatic nitrogens is 3. The number of guanidine groups is 2. The maximum Gasteiger partial charge on any atom is 0.326 e. The number of benzene rings is 3. The fraction of sp³-hybridized carbons (Fsp3) is 0.340. The van der Waals surface area contributed by atoms with Crippen molar-refractivity contribution in [3.05, 3.63) is 126 Å². The summed E-state index contributed by atoms with van der Waals surface area (Å²) in [6, 6.07) is 17.8. The Balaban J connectivity index is 1.43. The third-order valence-corrected chi connectivity index (χ3v) is 11.0. The van der Waals surface area contributed by atoms with Crippen LogP contribution in [-0.2, 0) is 54.5 Å². The Bertz CT molecular complexity index is 2530. The molecular formula is C47H61N15O7. The lowest BCUT2D eigenvalue weighted by molar-refractivity contribution is -0.142. The number of hydrogen-bond acceptors (Lipinski definition) is 10. The van der Waals surface area contributed by atoms with Crippen LogP contribution < -0.4 is 55.3 Å². The summed E-state index contributed by atoms with van der Waals surface area (Å²) >= 11 is 0. The van der Waals surface area contributed by atoms with Crippen LogP contribution in [0.3, 0.4) is 0 Å². The van der Waals surface area contributed by atoms with Gasteiger partial charge in [-0.15, -0.1) is 0 Å². The van der Waals surface area contributed by atoms with Gasteiger partial charge in [0.05, 0.1) is 12.4 Å². The Morgan fingerprint density at radius 1 is 0.565 bits per heavy atom. The average Bonchev–Trinajstić information content (AvgIpc) is 4.00. The van der Waals surface area contributed by atoms with Crippen molar-refractivity contribution in [1.82, 2.24) is 41.5 Å². The van der Waals surface area contributed by atoms with E-state index in [0.29, 0.717) is 16.8 Å². The molecule has 3 aromatic carbocycles. The molecular weight excluding hydrogens is 887 g/mol. The van der Waals surface area contributed by atoms with Crippen LogP contribution in [0.4, 0.5) is 0 Å². The van der Waals surface area contributed by atoms with E-state index in [1.165, 1.54) is 12.5 Å². The molecule has 0 saturated carbocycles. The fourth-order valence-corrected chi connectivity index (χ4v) is 7.48. The number of H-pyrrole nitrogens is 2. The van der Waals surface area contributed by atoms with Crippen molar-refractivity contribution >= 4 is 58.3 Å². The van der Waals surface area contributed by atoms with Gasteiger partial charge in [0.25, 0.3) is 0 Å². The molecule has 69 heavy (non-hydrogen) atoms. The van der Waals surface area contributed by atoms with E-state index in [0.717, 1.165) is 16.5 Å². The molecule has 0 spiro atoms. The zero-order chi connectivity index (χ0) is 49.7. The van der Waals surface area contributed by atoms with Crippen molar-refractivity contribution in [2.45, 2.75) is 87.6 Å². The summed E-state index contributed by atoms with van der Waals surface area (Å²) in [7, 11) is 0. The van der Waals surface area contributed by atoms with Crippen LogP contribution in [0.25, 0.3) is 10.9 Å². The molecule has 0 fully saturated rings. The summed E-state index contributed by atoms with van der Waals surface area (Å²) < 4.78 is 0. The monoisotopic (exact) mass is 947 g/mol. The molecule has 2 heterocycles. The van der Waals surface area contributed by atoms with Gasteiger partial charge in [0.15, 0.2) is 11.9 Å². The largest absolute Gasteiger partial charge is 0.480 e. The molecule has 22 nitrogen and oxygen atoms in total. The van der Waals surface area contributed by atoms with Gasteiger partial charge in [-0.05, 0) is 54.9 Å². The zero-order valence-corrected chi connectivity index (χ0v) is 38.0. The van der Waals surface area contributed by atoms with Crippen molar-refractivity contribution in [2.24, 2.45) is 38.7 Å². The van der Waals surface area contributed by atoms with Crippen LogP contribution in [0.5, 0.6) is 0 Å². The number of aromatic amines is 2. The molecule has 0 aliphatic heterocycles. The number of nitrogens with zero attached hydrogens (tertiary/aromatic N) is 3. The van der Waals surface area contributed by atoms with E-state index in [1.807, 2.05) is 60.7 Å². The topological polar surface area (TPSA) is 382 Å². The second-order valence-corrected chi connectivity index (χ2v) is 16.4. The van der Waals surface area contributed by atoms with Crippen molar-refractivity contribution in [3.63, 3.8) is 0 Å². The first-order valence-corrected chi connectivity index (χ1v) is 22.4. The highest BCUT2D eigenvalue weighted by atomic mass is 16.4. The van der Waals surface area contributed by atoms with Crippen LogP contribution in [0.15, 0.2) is 114 Å². The van der Waals surface area contributed by atoms with E-state index in [4.69, 9.17) is 28.7 Å². The van der Waals surface area contributed by atoms with Crippen LogP contribution in [0, 0.1) is 0 Å². The molecule has 5 amide bonds. The van der Waals surface area contributed by atoms with Crippen molar-refractivity contribution < 1.29 is 33.9 Å². The number of carbonyl (C=O) groups excluding carboxylic acids is 5. The highest BCUT2D eigenvalue weighted by Crippen LogP contribution is 2.20. The zero-order valence-electron chi connectivity index (χ0n) is 38.0. The summed E-state index contributed by atoms with van der Waals surface area (Å²) in [6.07, 6.45) is 4.84. The number of carboxylic acid groups (broad SMARTS) is 1. The minimum absolute atomic E-state index is 0.0158. The molecule has 2 aromatic heterocycles. The summed E-state index contributed by atoms with van der Waals surface area (Å²) in [4.78, 5) is 101. The number of para-hydroxylation sites is 1. The first-order valence-electron chi connectivity index (χ1n) is 22.4. The third-order valence-electron chi connectivity index (χ3n) is 11.0. The minimum atomic E-state index is -1.41. The number of carbonyl (C=O) groups is 6. The number of amides is 5. The number of nitrogens with one attached hydrogen (secondary N) is 7. The van der Waals surface area contributed by atoms with Gasteiger partial charge < -0.3 is 70.3 Å². The second kappa shape index (κ2) is 26.2. The van der Waals surface area contributed by atoms with E-state index >= 15 is 0 Å². The van der Waals surface area contributed by atoms with Gasteiger partial charge in [0, 0.05) is 61.3 Å². The molecule has 6 atom stereocenters. The number of fused-ring (bicyclic) bond motifs is 1. The normalized spacial score (nSPS) is 13.6. The second-order valence-electron chi connectivity index (χ2n) is 16.4. The van der Waals surface area contributed by atoms with Crippen molar-refractivity contribution in [2.75, 3.05) is 13.1 Å². The molecule has 5 rings (SSSR count). The molecule has 0 radical (unpaired) electrons. The number of aliphatic carboxylic acids is 1. The Kier molecular flexibility index (Phi) is 19.6. The Morgan fingerprint density at radius 2 is 1.04 bits per heavy atom. The lowest BCUT2D eigenvalue weighted by Gasteiger charge is -2.27. The number of hydrogen-bond donors (Lipinski definition) is 13. The van der Waals surface area contributed by atoms with Crippen LogP contribution in [-0.4, -0.2) is 117 Å². The molecule has 0 aliphatic carbocycles. The number of carboxylic acids is 1. The Hall–Kier alpha value is -8.27. The van der Waals surface area contributed by atoms with E-state index in [1.54, 1.807) is 30.5 Å². The maximum absolute atomic E-state index is 14.6.